The summed E-state index contributed by atoms with van der Waals surface area (Å²) < 4.78 is 27.7. The van der Waals surface area contributed by atoms with E-state index in [1.54, 1.807) is 56.3 Å². The fourth-order valence-corrected chi connectivity index (χ4v) is 4.92. The van der Waals surface area contributed by atoms with Crippen LogP contribution in [0.15, 0.2) is 71.0 Å². The average molecular weight is 684 g/mol. The van der Waals surface area contributed by atoms with Crippen molar-refractivity contribution in [3.63, 3.8) is 0 Å². The van der Waals surface area contributed by atoms with Gasteiger partial charge in [-0.25, -0.2) is 9.59 Å². The second-order valence-electron chi connectivity index (χ2n) is 10.2. The minimum absolute atomic E-state index is 0.0257. The van der Waals surface area contributed by atoms with Crippen molar-refractivity contribution in [1.29, 1.82) is 0 Å². The number of rotatable bonds is 15. The first kappa shape index (κ1) is 35.3. The lowest BCUT2D eigenvalue weighted by molar-refractivity contribution is -0.384. The van der Waals surface area contributed by atoms with Gasteiger partial charge in [0.1, 0.15) is 13.2 Å². The van der Waals surface area contributed by atoms with Gasteiger partial charge in [0.05, 0.1) is 48.6 Å². The van der Waals surface area contributed by atoms with Crippen molar-refractivity contribution in [1.82, 2.24) is 16.1 Å². The number of halogens is 1. The molecule has 3 aromatic carbocycles. The van der Waals surface area contributed by atoms with E-state index in [0.29, 0.717) is 46.2 Å². The van der Waals surface area contributed by atoms with Crippen LogP contribution in [0.5, 0.6) is 23.0 Å². The van der Waals surface area contributed by atoms with Crippen molar-refractivity contribution in [3.8, 4) is 23.0 Å². The van der Waals surface area contributed by atoms with Crippen molar-refractivity contribution in [2.45, 2.75) is 32.7 Å². The predicted molar refractivity (Wildman–Crippen MR) is 174 cm³/mol. The minimum atomic E-state index is -1.22. The lowest BCUT2D eigenvalue weighted by Crippen LogP contribution is -2.45. The molecule has 0 aliphatic carbocycles. The lowest BCUT2D eigenvalue weighted by Gasteiger charge is -2.28. The van der Waals surface area contributed by atoms with Crippen LogP contribution in [0.3, 0.4) is 0 Å². The monoisotopic (exact) mass is 683 g/mol. The van der Waals surface area contributed by atoms with Gasteiger partial charge in [-0.3, -0.25) is 15.5 Å². The number of esters is 1. The number of hydrazone groups is 1. The molecule has 0 saturated heterocycles. The van der Waals surface area contributed by atoms with E-state index in [9.17, 15) is 24.8 Å². The number of amides is 2. The molecule has 4 rings (SSSR count). The van der Waals surface area contributed by atoms with Gasteiger partial charge in [-0.05, 0) is 66.9 Å². The molecule has 2 amide bonds. The van der Waals surface area contributed by atoms with E-state index in [4.69, 9.17) is 35.3 Å². The summed E-state index contributed by atoms with van der Waals surface area (Å²) in [5.74, 6) is 0.657. The molecule has 1 heterocycles. The lowest BCUT2D eigenvalue weighted by atomic mass is 9.95. The van der Waals surface area contributed by atoms with Crippen LogP contribution in [-0.4, -0.2) is 61.9 Å². The maximum absolute atomic E-state index is 12.5. The summed E-state index contributed by atoms with van der Waals surface area (Å²) in [6.07, 6.45) is 0.192. The Hall–Kier alpha value is -5.54. The Labute approximate surface area is 280 Å². The van der Waals surface area contributed by atoms with E-state index >= 15 is 0 Å². The number of carbonyl (C=O) groups is 2. The van der Waals surface area contributed by atoms with Crippen molar-refractivity contribution in [3.05, 3.63) is 97.7 Å². The van der Waals surface area contributed by atoms with Crippen LogP contribution in [0, 0.1) is 10.1 Å². The number of urea groups is 1. The molecule has 0 radical (unpaired) electrons. The van der Waals surface area contributed by atoms with E-state index < -0.39 is 29.2 Å². The molecule has 0 fully saturated rings. The SMILES string of the molecule is CCOc1cc([C@@H]2NC(=O)NC(C)=C2C(=O)OC)ccc1OC[C@@H](O)N/N=C\c1cc(Cl)c(OCc2ccc([N+](=O)[O-])cc2)c(OC)c1. The summed E-state index contributed by atoms with van der Waals surface area (Å²) in [5.41, 5.74) is 4.94. The highest BCUT2D eigenvalue weighted by Gasteiger charge is 2.32. The number of nitro benzene ring substituents is 1. The van der Waals surface area contributed by atoms with Gasteiger partial charge in [-0.1, -0.05) is 17.7 Å². The summed E-state index contributed by atoms with van der Waals surface area (Å²) in [5, 5.41) is 30.9. The number of nitrogens with zero attached hydrogens (tertiary/aromatic N) is 2. The van der Waals surface area contributed by atoms with Crippen molar-refractivity contribution in [2.75, 3.05) is 27.4 Å². The molecule has 0 bridgehead atoms. The summed E-state index contributed by atoms with van der Waals surface area (Å²) in [4.78, 5) is 35.0. The molecule has 0 unspecified atom stereocenters. The van der Waals surface area contributed by atoms with Crippen molar-refractivity contribution in [2.24, 2.45) is 5.10 Å². The molecule has 15 nitrogen and oxygen atoms in total. The van der Waals surface area contributed by atoms with E-state index in [2.05, 4.69) is 21.2 Å². The number of ether oxygens (including phenoxy) is 5. The fraction of sp³-hybridized carbons (Fsp3) is 0.281. The number of hydrogen-bond donors (Lipinski definition) is 4. The van der Waals surface area contributed by atoms with Crippen LogP contribution in [0.1, 0.15) is 36.6 Å². The third-order valence-electron chi connectivity index (χ3n) is 6.89. The van der Waals surface area contributed by atoms with Gasteiger partial charge < -0.3 is 39.4 Å². The number of allylic oxidation sites excluding steroid dienone is 1. The number of nitrogens with one attached hydrogen (secondary N) is 3. The molecule has 0 spiro atoms. The number of aliphatic hydroxyl groups excluding tert-OH is 1. The molecular weight excluding hydrogens is 650 g/mol. The second-order valence-corrected chi connectivity index (χ2v) is 10.6. The number of methoxy groups -OCH3 is 2. The van der Waals surface area contributed by atoms with E-state index in [1.165, 1.54) is 32.6 Å². The van der Waals surface area contributed by atoms with Gasteiger partial charge in [0.25, 0.3) is 5.69 Å². The molecule has 1 aliphatic rings. The molecule has 16 heteroatoms. The van der Waals surface area contributed by atoms with Crippen LogP contribution >= 0.6 is 11.6 Å². The van der Waals surface area contributed by atoms with Gasteiger partial charge in [0, 0.05) is 17.8 Å². The Bertz CT molecular complexity index is 1710. The maximum atomic E-state index is 12.5. The minimum Gasteiger partial charge on any atom is -0.493 e. The number of hydrogen-bond acceptors (Lipinski definition) is 12. The first-order valence-corrected chi connectivity index (χ1v) is 14.9. The Kier molecular flexibility index (Phi) is 12.0. The highest BCUT2D eigenvalue weighted by atomic mass is 35.5. The molecule has 48 heavy (non-hydrogen) atoms. The normalized spacial score (nSPS) is 14.9. The van der Waals surface area contributed by atoms with Gasteiger partial charge in [0.15, 0.2) is 29.2 Å². The van der Waals surface area contributed by atoms with E-state index in [0.717, 1.165) is 0 Å². The topological polar surface area (TPSA) is 192 Å². The maximum Gasteiger partial charge on any atom is 0.337 e. The molecule has 0 aromatic heterocycles. The Balaban J connectivity index is 1.38. The van der Waals surface area contributed by atoms with Crippen LogP contribution in [-0.2, 0) is 16.1 Å². The Morgan fingerprint density at radius 1 is 1.10 bits per heavy atom. The number of nitro groups is 1. The average Bonchev–Trinajstić information content (AvgIpc) is 3.06. The van der Waals surface area contributed by atoms with Gasteiger partial charge in [-0.2, -0.15) is 5.10 Å². The number of aliphatic hydroxyl groups is 1. The van der Waals surface area contributed by atoms with E-state index in [-0.39, 0.29) is 35.2 Å². The van der Waals surface area contributed by atoms with Gasteiger partial charge in [0.2, 0.25) is 0 Å². The molecule has 254 valence electrons. The first-order valence-electron chi connectivity index (χ1n) is 14.5. The summed E-state index contributed by atoms with van der Waals surface area (Å²) in [6, 6.07) is 12.8. The van der Waals surface area contributed by atoms with Crippen molar-refractivity contribution >= 4 is 35.5 Å². The highest BCUT2D eigenvalue weighted by molar-refractivity contribution is 6.32. The number of carbonyl (C=O) groups excluding carboxylic acids is 2. The van der Waals surface area contributed by atoms with Gasteiger partial charge in [-0.15, -0.1) is 0 Å². The zero-order valence-corrected chi connectivity index (χ0v) is 27.2. The standard InChI is InChI=1S/C32H34ClN5O10/c1-5-46-25-14-21(29-28(31(40)45-4)18(2)35-32(41)36-29)8-11-24(25)47-17-27(39)37-34-15-20-12-23(33)30(26(13-20)44-3)48-16-19-6-9-22(10-7-19)38(42)43/h6-15,27,29,37,39H,5,16-17H2,1-4H3,(H2,35,36,41)/b34-15-/t27-,29+/m1/s1. The Morgan fingerprint density at radius 3 is 2.52 bits per heavy atom. The Morgan fingerprint density at radius 2 is 1.85 bits per heavy atom. The fourth-order valence-electron chi connectivity index (χ4n) is 4.64. The first-order chi connectivity index (χ1) is 23.0. The van der Waals surface area contributed by atoms with Gasteiger partial charge >= 0.3 is 12.0 Å². The molecule has 0 saturated carbocycles. The summed E-state index contributed by atoms with van der Waals surface area (Å²) >= 11 is 6.44. The quantitative estimate of drug-likeness (QED) is 0.0585. The number of non-ortho nitro benzene ring substituents is 1. The van der Waals surface area contributed by atoms with Crippen LogP contribution < -0.4 is 35.0 Å². The van der Waals surface area contributed by atoms with Crippen LogP contribution in [0.25, 0.3) is 0 Å². The molecule has 3 aromatic rings. The summed E-state index contributed by atoms with van der Waals surface area (Å²) in [6.45, 7) is 3.58. The molecule has 2 atom stereocenters. The van der Waals surface area contributed by atoms with Crippen molar-refractivity contribution < 1.29 is 43.3 Å². The van der Waals surface area contributed by atoms with Crippen LogP contribution in [0.4, 0.5) is 10.5 Å². The third-order valence-corrected chi connectivity index (χ3v) is 7.17. The summed E-state index contributed by atoms with van der Waals surface area (Å²) in [7, 11) is 2.71. The molecular formula is C32H34ClN5O10. The third kappa shape index (κ3) is 8.83. The highest BCUT2D eigenvalue weighted by Crippen LogP contribution is 2.37. The second kappa shape index (κ2) is 16.3. The zero-order chi connectivity index (χ0) is 34.8. The predicted octanol–water partition coefficient (Wildman–Crippen LogP) is 4.36. The largest absolute Gasteiger partial charge is 0.493 e. The zero-order valence-electron chi connectivity index (χ0n) is 26.4. The smallest absolute Gasteiger partial charge is 0.337 e. The number of benzene rings is 3. The van der Waals surface area contributed by atoms with Crippen LogP contribution in [0.2, 0.25) is 5.02 Å². The molecule has 4 N–H and O–H groups in total. The molecule has 1 aliphatic heterocycles. The van der Waals surface area contributed by atoms with E-state index in [1.807, 2.05) is 0 Å².